The Hall–Kier alpha value is -1.22. The molecule has 0 aliphatic carbocycles. The zero-order valence-corrected chi connectivity index (χ0v) is 9.75. The minimum atomic E-state index is -0.993. The van der Waals surface area contributed by atoms with Crippen LogP contribution in [0.15, 0.2) is 12.1 Å². The lowest BCUT2D eigenvalue weighted by Crippen LogP contribution is -2.12. The van der Waals surface area contributed by atoms with Gasteiger partial charge in [0.2, 0.25) is 0 Å². The van der Waals surface area contributed by atoms with E-state index >= 15 is 0 Å². The van der Waals surface area contributed by atoms with Gasteiger partial charge in [-0.2, -0.15) is 0 Å². The van der Waals surface area contributed by atoms with Crippen LogP contribution in [0.2, 0.25) is 5.02 Å². The number of ether oxygens (including phenoxy) is 1. The first-order valence-corrected chi connectivity index (χ1v) is 5.68. The van der Waals surface area contributed by atoms with Gasteiger partial charge in [-0.1, -0.05) is 11.6 Å². The number of aromatic carboxylic acids is 1. The van der Waals surface area contributed by atoms with Crippen LogP contribution in [-0.4, -0.2) is 17.2 Å². The van der Waals surface area contributed by atoms with Gasteiger partial charge in [0, 0.05) is 5.02 Å². The summed E-state index contributed by atoms with van der Waals surface area (Å²) in [6, 6.07) is 3.24. The van der Waals surface area contributed by atoms with Gasteiger partial charge in [0.05, 0.1) is 6.10 Å². The van der Waals surface area contributed by atoms with Crippen molar-refractivity contribution < 1.29 is 14.6 Å². The Morgan fingerprint density at radius 3 is 3.00 bits per heavy atom. The summed E-state index contributed by atoms with van der Waals surface area (Å²) in [5.74, 6) is -0.505. The Morgan fingerprint density at radius 2 is 2.31 bits per heavy atom. The van der Waals surface area contributed by atoms with E-state index in [1.54, 1.807) is 6.07 Å². The van der Waals surface area contributed by atoms with Crippen molar-refractivity contribution in [2.24, 2.45) is 0 Å². The van der Waals surface area contributed by atoms with Gasteiger partial charge in [0.25, 0.3) is 0 Å². The smallest absolute Gasteiger partial charge is 0.339 e. The number of aryl methyl sites for hydroxylation is 1. The van der Waals surface area contributed by atoms with E-state index in [0.717, 1.165) is 24.8 Å². The first-order chi connectivity index (χ1) is 7.58. The SMILES string of the molecule is CC1CCCc2cc(Cl)cc(C(=O)O)c2O1. The average Bonchev–Trinajstić information content (AvgIpc) is 2.37. The third kappa shape index (κ3) is 2.14. The van der Waals surface area contributed by atoms with E-state index in [0.29, 0.717) is 10.8 Å². The fraction of sp³-hybridized carbons (Fsp3) is 0.417. The van der Waals surface area contributed by atoms with Crippen molar-refractivity contribution in [2.75, 3.05) is 0 Å². The molecule has 3 nitrogen and oxygen atoms in total. The maximum absolute atomic E-state index is 11.1. The Kier molecular flexibility index (Phi) is 3.06. The van der Waals surface area contributed by atoms with Crippen molar-refractivity contribution in [3.8, 4) is 5.75 Å². The van der Waals surface area contributed by atoms with Crippen LogP contribution < -0.4 is 4.74 Å². The number of carbonyl (C=O) groups is 1. The molecule has 0 aromatic heterocycles. The van der Waals surface area contributed by atoms with Crippen LogP contribution in [0.25, 0.3) is 0 Å². The first kappa shape index (κ1) is 11.3. The highest BCUT2D eigenvalue weighted by Gasteiger charge is 2.21. The van der Waals surface area contributed by atoms with Crippen molar-refractivity contribution in [3.05, 3.63) is 28.3 Å². The van der Waals surface area contributed by atoms with Crippen LogP contribution >= 0.6 is 11.6 Å². The maximum atomic E-state index is 11.1. The van der Waals surface area contributed by atoms with E-state index in [4.69, 9.17) is 21.4 Å². The van der Waals surface area contributed by atoms with E-state index in [2.05, 4.69) is 0 Å². The summed E-state index contributed by atoms with van der Waals surface area (Å²) in [6.07, 6.45) is 2.81. The van der Waals surface area contributed by atoms with Gasteiger partial charge in [-0.3, -0.25) is 0 Å². The summed E-state index contributed by atoms with van der Waals surface area (Å²) < 4.78 is 5.66. The number of hydrogen-bond acceptors (Lipinski definition) is 2. The molecule has 1 aromatic rings. The Morgan fingerprint density at radius 1 is 1.56 bits per heavy atom. The summed E-state index contributed by atoms with van der Waals surface area (Å²) in [6.45, 7) is 1.95. The summed E-state index contributed by atoms with van der Waals surface area (Å²) in [5, 5.41) is 9.56. The molecular weight excluding hydrogens is 228 g/mol. The van der Waals surface area contributed by atoms with E-state index in [1.807, 2.05) is 6.92 Å². The molecule has 1 aliphatic rings. The highest BCUT2D eigenvalue weighted by Crippen LogP contribution is 2.33. The van der Waals surface area contributed by atoms with Crippen molar-refractivity contribution in [2.45, 2.75) is 32.3 Å². The number of carboxylic acids is 1. The van der Waals surface area contributed by atoms with Crippen LogP contribution in [0.5, 0.6) is 5.75 Å². The molecular formula is C12H13ClO3. The second kappa shape index (κ2) is 4.34. The number of benzene rings is 1. The molecule has 0 saturated carbocycles. The van der Waals surface area contributed by atoms with Gasteiger partial charge in [-0.25, -0.2) is 4.79 Å². The fourth-order valence-electron chi connectivity index (χ4n) is 1.97. The molecule has 0 saturated heterocycles. The third-order valence-electron chi connectivity index (χ3n) is 2.74. The highest BCUT2D eigenvalue weighted by molar-refractivity contribution is 6.31. The van der Waals surface area contributed by atoms with E-state index in [-0.39, 0.29) is 11.7 Å². The van der Waals surface area contributed by atoms with Gasteiger partial charge in [-0.05, 0) is 43.9 Å². The Balaban J connectivity index is 2.54. The summed E-state index contributed by atoms with van der Waals surface area (Å²) in [7, 11) is 0. The summed E-state index contributed by atoms with van der Waals surface area (Å²) in [4.78, 5) is 11.1. The molecule has 0 fully saturated rings. The second-order valence-corrected chi connectivity index (χ2v) is 4.50. The molecule has 16 heavy (non-hydrogen) atoms. The number of rotatable bonds is 1. The highest BCUT2D eigenvalue weighted by atomic mass is 35.5. The van der Waals surface area contributed by atoms with E-state index < -0.39 is 5.97 Å². The molecule has 1 aromatic carbocycles. The van der Waals surface area contributed by atoms with E-state index in [1.165, 1.54) is 6.07 Å². The molecule has 1 unspecified atom stereocenters. The Bertz CT molecular complexity index is 429. The minimum absolute atomic E-state index is 0.0560. The van der Waals surface area contributed by atoms with Gasteiger partial charge in [0.1, 0.15) is 11.3 Å². The summed E-state index contributed by atoms with van der Waals surface area (Å²) in [5.41, 5.74) is 1.06. The van der Waals surface area contributed by atoms with Crippen LogP contribution in [0.4, 0.5) is 0 Å². The average molecular weight is 241 g/mol. The predicted molar refractivity (Wildman–Crippen MR) is 61.4 cm³/mol. The summed E-state index contributed by atoms with van der Waals surface area (Å²) >= 11 is 5.90. The van der Waals surface area contributed by atoms with Gasteiger partial charge >= 0.3 is 5.97 Å². The fourth-order valence-corrected chi connectivity index (χ4v) is 2.21. The lowest BCUT2D eigenvalue weighted by molar-refractivity contribution is 0.0689. The van der Waals surface area contributed by atoms with Crippen molar-refractivity contribution in [1.82, 2.24) is 0 Å². The molecule has 0 spiro atoms. The maximum Gasteiger partial charge on any atom is 0.339 e. The van der Waals surface area contributed by atoms with Gasteiger partial charge in [0.15, 0.2) is 0 Å². The van der Waals surface area contributed by atoms with Crippen molar-refractivity contribution in [3.63, 3.8) is 0 Å². The normalized spacial score (nSPS) is 19.5. The van der Waals surface area contributed by atoms with E-state index in [9.17, 15) is 4.79 Å². The zero-order valence-electron chi connectivity index (χ0n) is 9.00. The zero-order chi connectivity index (χ0) is 11.7. The second-order valence-electron chi connectivity index (χ2n) is 4.07. The van der Waals surface area contributed by atoms with Crippen LogP contribution in [0, 0.1) is 0 Å². The lowest BCUT2D eigenvalue weighted by atomic mass is 10.0. The topological polar surface area (TPSA) is 46.5 Å². The molecule has 86 valence electrons. The minimum Gasteiger partial charge on any atom is -0.490 e. The third-order valence-corrected chi connectivity index (χ3v) is 2.96. The van der Waals surface area contributed by atoms with Gasteiger partial charge < -0.3 is 9.84 Å². The first-order valence-electron chi connectivity index (χ1n) is 5.30. The molecule has 1 heterocycles. The van der Waals surface area contributed by atoms with Crippen molar-refractivity contribution >= 4 is 17.6 Å². The van der Waals surface area contributed by atoms with Crippen LogP contribution in [0.3, 0.4) is 0 Å². The monoisotopic (exact) mass is 240 g/mol. The predicted octanol–water partition coefficient (Wildman–Crippen LogP) is 3.14. The molecule has 0 amide bonds. The number of halogens is 1. The standard InChI is InChI=1S/C12H13ClO3/c1-7-3-2-4-8-5-9(13)6-10(12(14)15)11(8)16-7/h5-7H,2-4H2,1H3,(H,14,15). The van der Waals surface area contributed by atoms with Crippen LogP contribution in [0.1, 0.15) is 35.7 Å². The number of hydrogen-bond donors (Lipinski definition) is 1. The molecule has 2 rings (SSSR count). The molecule has 1 N–H and O–H groups in total. The van der Waals surface area contributed by atoms with Crippen molar-refractivity contribution in [1.29, 1.82) is 0 Å². The lowest BCUT2D eigenvalue weighted by Gasteiger charge is -2.15. The van der Waals surface area contributed by atoms with Gasteiger partial charge in [-0.15, -0.1) is 0 Å². The largest absolute Gasteiger partial charge is 0.490 e. The quantitative estimate of drug-likeness (QED) is 0.820. The Labute approximate surface area is 99.0 Å². The number of carboxylic acid groups (broad SMARTS) is 1. The molecule has 0 radical (unpaired) electrons. The molecule has 1 aliphatic heterocycles. The number of fused-ring (bicyclic) bond motifs is 1. The molecule has 1 atom stereocenters. The molecule has 4 heteroatoms. The molecule has 0 bridgehead atoms. The van der Waals surface area contributed by atoms with Crippen LogP contribution in [-0.2, 0) is 6.42 Å².